The first kappa shape index (κ1) is 69.0. The van der Waals surface area contributed by atoms with E-state index in [1.54, 1.807) is 65.6 Å². The fourth-order valence-electron chi connectivity index (χ4n) is 8.69. The first-order valence-electron chi connectivity index (χ1n) is 28.7. The van der Waals surface area contributed by atoms with E-state index in [0.29, 0.717) is 123 Å². The second kappa shape index (κ2) is 34.1. The molecule has 0 unspecified atom stereocenters. The van der Waals surface area contributed by atoms with Gasteiger partial charge in [0.25, 0.3) is 12.0 Å². The second-order valence-electron chi connectivity index (χ2n) is 19.6. The standard InChI is InChI=1S/C15H12ClN7OS.C12H11ClN6O3S.C11H10ClN3O2.C10H9ClN4OS.C8H6ClN7S/c16-14-21-12(19-7-10-18-5-6-25-10)11-13(22-14)23-15(20-11)24-8-9-3-1-2-4-17-9;1-21-7(20)5-22-12-16-8-9(15-4-6-14-2-3-23-6)17-11(13)18-10(8)19-12;12-11-14-9-6-16-5-8(9)10(15-11)13-4-7-2-1-3-17-7;11-10-14-7-5-16-4-6(7)9(15-10)13-3-8-12-1-2-17-8;9-8-14-6(5-7(15-8)12-2-11-5)10-1-4-16-13-3-17-4/h1-6H,7-8H2,(H2,19,20,21,22,23);2-3H,4-5H2,1H3,(H2,15,16,17,18,19);1-3H,4-6H2,(H,13,14,15);1-2H,3-5H2,(H,13,14,15);2-3H,1H2,(H2,10,11,12,14,15). The summed E-state index contributed by atoms with van der Waals surface area (Å²) < 4.78 is 31.2. The summed E-state index contributed by atoms with van der Waals surface area (Å²) in [5, 5.41) is 33.7. The van der Waals surface area contributed by atoms with Crippen LogP contribution in [0.3, 0.4) is 0 Å². The minimum atomic E-state index is -0.517. The molecule has 0 aromatic carbocycles. The van der Waals surface area contributed by atoms with Crippen molar-refractivity contribution in [3.8, 4) is 12.0 Å². The average molecular weight is 1520 g/mol. The molecular formula is C56H48Cl5N27O7S4. The summed E-state index contributed by atoms with van der Waals surface area (Å²) in [6, 6.07) is 9.82. The lowest BCUT2D eigenvalue weighted by Crippen LogP contribution is -2.13. The van der Waals surface area contributed by atoms with Crippen molar-refractivity contribution in [2.45, 2.75) is 65.8 Å². The highest BCUT2D eigenvalue weighted by molar-refractivity contribution is 7.10. The minimum Gasteiger partial charge on any atom is -0.467 e. The number of hydrogen-bond donors (Lipinski definition) is 8. The molecular weight excluding hydrogens is 1470 g/mol. The van der Waals surface area contributed by atoms with Crippen LogP contribution in [0.1, 0.15) is 54.0 Å². The van der Waals surface area contributed by atoms with Crippen LogP contribution < -0.4 is 36.1 Å². The van der Waals surface area contributed by atoms with E-state index >= 15 is 0 Å². The van der Waals surface area contributed by atoms with Crippen molar-refractivity contribution in [1.82, 2.24) is 110 Å². The van der Waals surface area contributed by atoms with Crippen molar-refractivity contribution >= 4 is 172 Å². The minimum absolute atomic E-state index is 0.0464. The third-order valence-corrected chi connectivity index (χ3v) is 17.0. The molecule has 16 heterocycles. The lowest BCUT2D eigenvalue weighted by atomic mass is 10.2. The van der Waals surface area contributed by atoms with Gasteiger partial charge in [-0.3, -0.25) is 4.98 Å². The fraction of sp³-hybridized carbons (Fsp3) is 0.214. The lowest BCUT2D eigenvalue weighted by molar-refractivity contribution is -0.143. The Kier molecular flexibility index (Phi) is 23.8. The van der Waals surface area contributed by atoms with Crippen LogP contribution in [0.15, 0.2) is 93.8 Å². The summed E-state index contributed by atoms with van der Waals surface area (Å²) in [4.78, 5) is 90.4. The molecule has 0 bridgehead atoms. The van der Waals surface area contributed by atoms with Gasteiger partial charge in [0.15, 0.2) is 41.0 Å². The number of furan rings is 1. The topological polar surface area (TPSA) is 429 Å². The van der Waals surface area contributed by atoms with Crippen LogP contribution in [-0.4, -0.2) is 130 Å². The molecule has 0 atom stereocenters. The number of H-pyrrole nitrogens is 3. The molecule has 0 amide bonds. The number of anilines is 5. The first-order valence-corrected chi connectivity index (χ1v) is 34.2. The van der Waals surface area contributed by atoms with Crippen molar-refractivity contribution in [2.75, 3.05) is 40.3 Å². The molecule has 0 saturated heterocycles. The number of halogens is 5. The summed E-state index contributed by atoms with van der Waals surface area (Å²) in [5.41, 5.74) is 9.31. The van der Waals surface area contributed by atoms with Gasteiger partial charge in [-0.15, -0.1) is 55.5 Å². The molecule has 0 radical (unpaired) electrons. The third kappa shape index (κ3) is 19.3. The molecule has 14 aromatic rings. The highest BCUT2D eigenvalue weighted by Crippen LogP contribution is 2.30. The second-order valence-corrected chi connectivity index (χ2v) is 25.1. The maximum atomic E-state index is 11.1. The van der Waals surface area contributed by atoms with E-state index in [1.807, 2.05) is 46.5 Å². The Morgan fingerprint density at radius 3 is 1.54 bits per heavy atom. The van der Waals surface area contributed by atoms with Gasteiger partial charge >= 0.3 is 5.97 Å². The van der Waals surface area contributed by atoms with E-state index < -0.39 is 5.97 Å². The number of imidazole rings is 3. The molecule has 99 heavy (non-hydrogen) atoms. The van der Waals surface area contributed by atoms with Crippen molar-refractivity contribution in [3.63, 3.8) is 0 Å². The quantitative estimate of drug-likeness (QED) is 0.0245. The van der Waals surface area contributed by atoms with Crippen molar-refractivity contribution in [3.05, 3.63) is 170 Å². The number of carbonyl (C=O) groups excluding carboxylic acids is 1. The summed E-state index contributed by atoms with van der Waals surface area (Å²) >= 11 is 35.5. The van der Waals surface area contributed by atoms with E-state index in [4.69, 9.17) is 81.4 Å². The molecule has 0 aliphatic carbocycles. The van der Waals surface area contributed by atoms with Gasteiger partial charge in [0.05, 0.1) is 95.9 Å². The normalized spacial score (nSPS) is 11.8. The van der Waals surface area contributed by atoms with Gasteiger partial charge in [-0.25, -0.2) is 44.7 Å². The monoisotopic (exact) mass is 1510 g/mol. The zero-order valence-corrected chi connectivity index (χ0v) is 57.9. The summed E-state index contributed by atoms with van der Waals surface area (Å²) in [6.07, 6.45) is 10.2. The van der Waals surface area contributed by atoms with Crippen LogP contribution in [0.4, 0.5) is 29.1 Å². The van der Waals surface area contributed by atoms with Crippen LogP contribution in [0.2, 0.25) is 26.4 Å². The Labute approximate surface area is 598 Å². The van der Waals surface area contributed by atoms with Gasteiger partial charge in [0, 0.05) is 52.1 Å². The maximum Gasteiger partial charge on any atom is 0.344 e. The number of ether oxygens (including phenoxy) is 5. The zero-order chi connectivity index (χ0) is 68.3. The van der Waals surface area contributed by atoms with Gasteiger partial charge in [-0.05, 0) is 82.3 Å². The van der Waals surface area contributed by atoms with Gasteiger partial charge in [-0.1, -0.05) is 6.07 Å². The van der Waals surface area contributed by atoms with Crippen LogP contribution in [-0.2, 0) is 84.8 Å². The predicted molar refractivity (Wildman–Crippen MR) is 369 cm³/mol. The highest BCUT2D eigenvalue weighted by Gasteiger charge is 2.22. The van der Waals surface area contributed by atoms with Gasteiger partial charge in [-0.2, -0.15) is 39.9 Å². The fourth-order valence-corrected chi connectivity index (χ4v) is 11.7. The van der Waals surface area contributed by atoms with Crippen molar-refractivity contribution in [2.24, 2.45) is 0 Å². The van der Waals surface area contributed by atoms with Crippen LogP contribution in [0, 0.1) is 0 Å². The van der Waals surface area contributed by atoms with E-state index in [0.717, 1.165) is 65.3 Å². The number of nitrogens with zero attached hydrogens (tertiary/aromatic N) is 19. The molecule has 34 nitrogen and oxygen atoms in total. The number of rotatable bonds is 21. The number of fused-ring (bicyclic) bond motifs is 5. The number of nitrogens with one attached hydrogen (secondary N) is 8. The largest absolute Gasteiger partial charge is 0.467 e. The SMILES string of the molecule is COC(=O)COc1nc2nc(Cl)nc(NCc3nccs3)c2[nH]1.Clc1nc(NCc2nccs2)c2[nH]c(OCc3ccccn3)nc2n1.Clc1nc(NCc2nncs2)c2[nH]cnc2n1.Clc1nc2c(c(NCc3ccco3)n1)COC2.Clc1nc2c(c(NCc3nccs3)n1)COC2. The number of aromatic nitrogens is 22. The molecule has 2 aliphatic heterocycles. The maximum absolute atomic E-state index is 11.1. The highest BCUT2D eigenvalue weighted by atomic mass is 35.5. The lowest BCUT2D eigenvalue weighted by Gasteiger charge is -2.07. The molecule has 14 aromatic heterocycles. The number of methoxy groups -OCH3 is 1. The van der Waals surface area contributed by atoms with E-state index in [-0.39, 0.29) is 39.0 Å². The molecule has 2 aliphatic rings. The number of aromatic amines is 3. The Morgan fingerprint density at radius 1 is 0.515 bits per heavy atom. The van der Waals surface area contributed by atoms with E-state index in [1.165, 1.54) is 29.8 Å². The first-order chi connectivity index (χ1) is 48.4. The number of pyridine rings is 1. The smallest absolute Gasteiger partial charge is 0.344 e. The Hall–Kier alpha value is -9.87. The van der Waals surface area contributed by atoms with Crippen LogP contribution in [0.25, 0.3) is 33.5 Å². The van der Waals surface area contributed by atoms with Crippen molar-refractivity contribution < 1.29 is 32.9 Å². The van der Waals surface area contributed by atoms with E-state index in [9.17, 15) is 4.79 Å². The Bertz CT molecular complexity index is 4800. The van der Waals surface area contributed by atoms with Crippen LogP contribution in [0.5, 0.6) is 12.0 Å². The Balaban J connectivity index is 0.000000119. The van der Waals surface area contributed by atoms with Crippen molar-refractivity contribution in [1.29, 1.82) is 0 Å². The molecule has 8 N–H and O–H groups in total. The number of thiazole rings is 3. The van der Waals surface area contributed by atoms with Gasteiger partial charge < -0.3 is 69.6 Å². The summed E-state index contributed by atoms with van der Waals surface area (Å²) in [7, 11) is 1.27. The predicted octanol–water partition coefficient (Wildman–Crippen LogP) is 10.7. The average Bonchev–Trinajstić information content (AvgIpc) is 1.70. The zero-order valence-electron chi connectivity index (χ0n) is 50.8. The Morgan fingerprint density at radius 2 is 1.03 bits per heavy atom. The molecule has 0 fully saturated rings. The molecule has 508 valence electrons. The molecule has 43 heteroatoms. The summed E-state index contributed by atoms with van der Waals surface area (Å²) in [5.74, 6) is 3.40. The van der Waals surface area contributed by atoms with Crippen LogP contribution >= 0.6 is 103 Å². The third-order valence-electron chi connectivity index (χ3n) is 13.1. The van der Waals surface area contributed by atoms with E-state index in [2.05, 4.69) is 141 Å². The summed E-state index contributed by atoms with van der Waals surface area (Å²) in [6.45, 7) is 4.83. The molecule has 0 spiro atoms. The number of carbonyl (C=O) groups is 1. The van der Waals surface area contributed by atoms with Gasteiger partial charge in [0.2, 0.25) is 26.4 Å². The van der Waals surface area contributed by atoms with Gasteiger partial charge in [0.1, 0.15) is 66.1 Å². The molecule has 16 rings (SSSR count). The number of esters is 1. The molecule has 0 saturated carbocycles. The number of hydrogen-bond acceptors (Lipinski definition) is 35.